The van der Waals surface area contributed by atoms with Crippen molar-refractivity contribution in [2.45, 2.75) is 45.4 Å². The van der Waals surface area contributed by atoms with Crippen LogP contribution in [0.1, 0.15) is 54.1 Å². The minimum Gasteiger partial charge on any atom is -0.496 e. The predicted molar refractivity (Wildman–Crippen MR) is 106 cm³/mol. The number of aryl methyl sites for hydroxylation is 1. The highest BCUT2D eigenvalue weighted by atomic mass is 16.5. The number of carbonyl (C=O) groups is 2. The summed E-state index contributed by atoms with van der Waals surface area (Å²) >= 11 is 0. The molecule has 0 radical (unpaired) electrons. The van der Waals surface area contributed by atoms with Crippen LogP contribution < -0.4 is 4.90 Å². The van der Waals surface area contributed by atoms with Crippen molar-refractivity contribution in [3.63, 3.8) is 0 Å². The molecule has 0 saturated carbocycles. The number of allylic oxidation sites excluding steroid dienone is 2. The molecule has 0 aromatic heterocycles. The molecule has 0 N–H and O–H groups in total. The second-order valence-electron chi connectivity index (χ2n) is 6.79. The Balaban J connectivity index is 2.03. The van der Waals surface area contributed by atoms with E-state index in [-0.39, 0.29) is 19.4 Å². The first-order valence-electron chi connectivity index (χ1n) is 12.9. The zero-order valence-corrected chi connectivity index (χ0v) is 15.9. The molecule has 0 bridgehead atoms. The van der Waals surface area contributed by atoms with Gasteiger partial charge >= 0.3 is 5.97 Å². The van der Waals surface area contributed by atoms with Crippen LogP contribution in [0.4, 0.5) is 5.69 Å². The molecule has 4 rings (SSSR count). The molecule has 1 fully saturated rings. The van der Waals surface area contributed by atoms with Gasteiger partial charge in [0, 0.05) is 32.7 Å². The largest absolute Gasteiger partial charge is 0.496 e. The molecule has 3 aliphatic rings. The minimum absolute atomic E-state index is 0.150. The average Bonchev–Trinajstić information content (AvgIpc) is 2.82. The van der Waals surface area contributed by atoms with Gasteiger partial charge < -0.3 is 14.4 Å². The van der Waals surface area contributed by atoms with Gasteiger partial charge in [-0.2, -0.15) is 0 Å². The lowest BCUT2D eigenvalue weighted by molar-refractivity contribution is -0.146. The maximum atomic E-state index is 14.0. The molecule has 5 heteroatoms. The molecule has 2 atom stereocenters. The molecule has 0 spiro atoms. The van der Waals surface area contributed by atoms with E-state index in [1.165, 1.54) is 4.90 Å². The van der Waals surface area contributed by atoms with Gasteiger partial charge in [-0.15, -0.1) is 0 Å². The van der Waals surface area contributed by atoms with Crippen LogP contribution in [0.25, 0.3) is 0 Å². The van der Waals surface area contributed by atoms with Crippen LogP contribution in [0.3, 0.4) is 0 Å². The summed E-state index contributed by atoms with van der Waals surface area (Å²) in [6, 6.07) is 6.32. The zero-order valence-electron chi connectivity index (χ0n) is 22.9. The first-order chi connectivity index (χ1) is 16.3. The lowest BCUT2D eigenvalue weighted by atomic mass is 9.76. The van der Waals surface area contributed by atoms with E-state index < -0.39 is 59.6 Å². The van der Waals surface area contributed by atoms with Crippen molar-refractivity contribution in [2.75, 3.05) is 18.6 Å². The van der Waals surface area contributed by atoms with Gasteiger partial charge in [-0.25, -0.2) is 0 Å². The van der Waals surface area contributed by atoms with E-state index in [0.717, 1.165) is 19.1 Å². The van der Waals surface area contributed by atoms with Gasteiger partial charge in [0.2, 0.25) is 0 Å². The number of hydrogen-bond donors (Lipinski definition) is 0. The van der Waals surface area contributed by atoms with Crippen molar-refractivity contribution >= 4 is 17.6 Å². The molecule has 148 valence electrons. The summed E-state index contributed by atoms with van der Waals surface area (Å²) in [5.41, 5.74) is 0.981. The number of hydrogen-bond acceptors (Lipinski definition) is 4. The maximum absolute atomic E-state index is 14.0. The van der Waals surface area contributed by atoms with E-state index in [0.29, 0.717) is 12.1 Å². The number of esters is 1. The van der Waals surface area contributed by atoms with Crippen LogP contribution in [0.2, 0.25) is 0 Å². The van der Waals surface area contributed by atoms with Gasteiger partial charge in [0.05, 0.1) is 8.48 Å². The molecule has 1 saturated heterocycles. The highest BCUT2D eigenvalue weighted by Crippen LogP contribution is 2.43. The summed E-state index contributed by atoms with van der Waals surface area (Å²) in [5.74, 6) is -9.16. The number of ether oxygens (including phenoxy) is 2. The third kappa shape index (κ3) is 3.23. The van der Waals surface area contributed by atoms with Crippen LogP contribution >= 0.6 is 0 Å². The van der Waals surface area contributed by atoms with E-state index >= 15 is 0 Å². The molecule has 1 aromatic rings. The number of carbonyl (C=O) groups excluding carboxylic acids is 2. The first kappa shape index (κ1) is 12.1. The van der Waals surface area contributed by atoms with E-state index in [2.05, 4.69) is 0 Å². The number of nitrogens with zero attached hydrogens (tertiary/aromatic N) is 1. The standard InChI is InChI=1S/C23H27NO4/c1-3-7-16-14-20(25)28-22-17(16)11-12-19(27-2)21(22)23(26)24-13-6-9-15-8-4-5-10-18(15)24/h4-5,8,10,12,16-17H,3,6-7,9,11,13-14H2,1-2H3/i11D2,12D,14D2,16D,17D. The Kier molecular flexibility index (Phi) is 3.38. The molecule has 2 aliphatic heterocycles. The lowest BCUT2D eigenvalue weighted by Crippen LogP contribution is -2.40. The molecule has 2 heterocycles. The van der Waals surface area contributed by atoms with Crippen LogP contribution in [-0.4, -0.2) is 25.5 Å². The smallest absolute Gasteiger partial charge is 0.311 e. The molecule has 5 nitrogen and oxygen atoms in total. The van der Waals surface area contributed by atoms with Crippen molar-refractivity contribution in [1.82, 2.24) is 0 Å². The average molecular weight is 389 g/mol. The van der Waals surface area contributed by atoms with Crippen molar-refractivity contribution < 1.29 is 28.7 Å². The Labute approximate surface area is 175 Å². The Bertz CT molecular complexity index is 1160. The monoisotopic (exact) mass is 388 g/mol. The van der Waals surface area contributed by atoms with E-state index in [1.807, 2.05) is 12.1 Å². The number of methoxy groups -OCH3 is 1. The van der Waals surface area contributed by atoms with Gasteiger partial charge in [0.1, 0.15) is 17.1 Å². The summed E-state index contributed by atoms with van der Waals surface area (Å²) in [7, 11) is 1.14. The fraction of sp³-hybridized carbons (Fsp3) is 0.478. The Morgan fingerprint density at radius 2 is 2.29 bits per heavy atom. The fourth-order valence-electron chi connectivity index (χ4n) is 3.75. The highest BCUT2D eigenvalue weighted by molar-refractivity contribution is 6.09. The van der Waals surface area contributed by atoms with Gasteiger partial charge in [0.15, 0.2) is 0 Å². The van der Waals surface area contributed by atoms with Crippen molar-refractivity contribution in [3.8, 4) is 0 Å². The number of anilines is 1. The number of benzene rings is 1. The first-order valence-corrected chi connectivity index (χ1v) is 9.43. The quantitative estimate of drug-likeness (QED) is 0.728. The zero-order chi connectivity index (χ0) is 26.0. The third-order valence-corrected chi connectivity index (χ3v) is 5.01. The summed E-state index contributed by atoms with van der Waals surface area (Å²) in [5, 5.41) is 0. The Morgan fingerprint density at radius 3 is 3.07 bits per heavy atom. The topological polar surface area (TPSA) is 55.8 Å². The third-order valence-electron chi connectivity index (χ3n) is 5.01. The fourth-order valence-corrected chi connectivity index (χ4v) is 3.75. The summed E-state index contributed by atoms with van der Waals surface area (Å²) in [6.07, 6.45) is -4.96. The molecular formula is C23H27NO4. The summed E-state index contributed by atoms with van der Waals surface area (Å²) in [4.78, 5) is 28.2. The predicted octanol–water partition coefficient (Wildman–Crippen LogP) is 4.13. The molecule has 28 heavy (non-hydrogen) atoms. The molecule has 2 unspecified atom stereocenters. The van der Waals surface area contributed by atoms with Gasteiger partial charge in [0.25, 0.3) is 5.91 Å². The highest BCUT2D eigenvalue weighted by Gasteiger charge is 2.42. The molecule has 1 amide bonds. The van der Waals surface area contributed by atoms with Crippen LogP contribution in [0.5, 0.6) is 0 Å². The summed E-state index contributed by atoms with van der Waals surface area (Å²) < 4.78 is 71.4. The van der Waals surface area contributed by atoms with Crippen molar-refractivity contribution in [2.24, 2.45) is 11.8 Å². The van der Waals surface area contributed by atoms with Gasteiger partial charge in [-0.1, -0.05) is 31.5 Å². The van der Waals surface area contributed by atoms with Crippen molar-refractivity contribution in [3.05, 3.63) is 53.0 Å². The van der Waals surface area contributed by atoms with Gasteiger partial charge in [-0.3, -0.25) is 9.59 Å². The van der Waals surface area contributed by atoms with E-state index in [9.17, 15) is 11.0 Å². The number of fused-ring (bicyclic) bond motifs is 2. The molecule has 1 aromatic carbocycles. The molecular weight excluding hydrogens is 354 g/mol. The van der Waals surface area contributed by atoms with Crippen molar-refractivity contribution in [1.29, 1.82) is 0 Å². The summed E-state index contributed by atoms with van der Waals surface area (Å²) in [6.45, 7) is 1.90. The SMILES string of the molecule is [2H]C1=C(OC)C(C(=O)N2CCCc3ccccc32)=C2OC(=O)C([2H])([2H])C([2H])(CCC)C2([2H])C1([2H])[2H]. The normalized spacial score (nSPS) is 37.0. The molecule has 1 aliphatic carbocycles. The number of rotatable bonds is 4. The van der Waals surface area contributed by atoms with Crippen LogP contribution in [0, 0.1) is 11.8 Å². The van der Waals surface area contributed by atoms with Gasteiger partial charge in [-0.05, 0) is 49.2 Å². The number of amides is 1. The van der Waals surface area contributed by atoms with E-state index in [1.54, 1.807) is 19.1 Å². The maximum Gasteiger partial charge on any atom is 0.311 e. The second kappa shape index (κ2) is 7.82. The van der Waals surface area contributed by atoms with Crippen LogP contribution in [0.15, 0.2) is 47.4 Å². The minimum atomic E-state index is -3.07. The lowest BCUT2D eigenvalue weighted by Gasteiger charge is -2.37. The Hall–Kier alpha value is -2.56. The Morgan fingerprint density at radius 1 is 1.46 bits per heavy atom. The van der Waals surface area contributed by atoms with E-state index in [4.69, 9.17) is 17.7 Å². The van der Waals surface area contributed by atoms with Crippen LogP contribution in [-0.2, 0) is 25.5 Å². The second-order valence-corrected chi connectivity index (χ2v) is 6.79. The number of para-hydroxylation sites is 1.